The fourth-order valence-corrected chi connectivity index (χ4v) is 1.79. The van der Waals surface area contributed by atoms with Gasteiger partial charge in [0.05, 0.1) is 10.9 Å². The highest BCUT2D eigenvalue weighted by Crippen LogP contribution is 2.25. The SMILES string of the molecule is CCC(C(=O)Nc1cccc(OC(F)(F)F)c1)C(N)=S. The van der Waals surface area contributed by atoms with Gasteiger partial charge in [0.1, 0.15) is 5.75 Å². The predicted octanol–water partition coefficient (Wildman–Crippen LogP) is 2.84. The van der Waals surface area contributed by atoms with Gasteiger partial charge in [-0.25, -0.2) is 0 Å². The first-order valence-electron chi connectivity index (χ1n) is 5.69. The molecule has 20 heavy (non-hydrogen) atoms. The number of benzene rings is 1. The van der Waals surface area contributed by atoms with Crippen LogP contribution in [0.2, 0.25) is 0 Å². The molecule has 0 aliphatic heterocycles. The van der Waals surface area contributed by atoms with Gasteiger partial charge in [0, 0.05) is 11.8 Å². The van der Waals surface area contributed by atoms with Crippen LogP contribution in [0, 0.1) is 5.92 Å². The first-order valence-corrected chi connectivity index (χ1v) is 6.09. The summed E-state index contributed by atoms with van der Waals surface area (Å²) in [6.07, 6.45) is -4.38. The van der Waals surface area contributed by atoms with Gasteiger partial charge in [0.25, 0.3) is 0 Å². The zero-order chi connectivity index (χ0) is 15.3. The van der Waals surface area contributed by atoms with Gasteiger partial charge in [-0.3, -0.25) is 4.79 Å². The third kappa shape index (κ3) is 5.04. The van der Waals surface area contributed by atoms with Crippen molar-refractivity contribution in [1.82, 2.24) is 0 Å². The maximum atomic E-state index is 12.1. The van der Waals surface area contributed by atoms with E-state index < -0.39 is 23.9 Å². The van der Waals surface area contributed by atoms with Crippen LogP contribution in [0.25, 0.3) is 0 Å². The minimum absolute atomic E-state index is 0.0349. The first kappa shape index (κ1) is 16.2. The summed E-state index contributed by atoms with van der Waals surface area (Å²) in [4.78, 5) is 11.9. The molecule has 0 aliphatic rings. The van der Waals surface area contributed by atoms with Gasteiger partial charge in [-0.2, -0.15) is 0 Å². The third-order valence-electron chi connectivity index (χ3n) is 2.40. The van der Waals surface area contributed by atoms with Crippen LogP contribution in [0.5, 0.6) is 5.75 Å². The molecule has 110 valence electrons. The Labute approximate surface area is 119 Å². The number of alkyl halides is 3. The van der Waals surface area contributed by atoms with Crippen molar-refractivity contribution in [2.24, 2.45) is 11.7 Å². The molecule has 1 rings (SSSR count). The summed E-state index contributed by atoms with van der Waals surface area (Å²) in [6, 6.07) is 4.97. The lowest BCUT2D eigenvalue weighted by molar-refractivity contribution is -0.274. The lowest BCUT2D eigenvalue weighted by atomic mass is 10.1. The molecular formula is C12H13F3N2O2S. The minimum Gasteiger partial charge on any atom is -0.406 e. The Bertz CT molecular complexity index is 506. The molecule has 1 amide bonds. The average Bonchev–Trinajstić information content (AvgIpc) is 2.27. The van der Waals surface area contributed by atoms with Crippen LogP contribution in [0.15, 0.2) is 24.3 Å². The molecule has 0 aliphatic carbocycles. The molecule has 0 radical (unpaired) electrons. The molecule has 1 atom stereocenters. The number of hydrogen-bond donors (Lipinski definition) is 2. The summed E-state index contributed by atoms with van der Waals surface area (Å²) in [7, 11) is 0. The monoisotopic (exact) mass is 306 g/mol. The zero-order valence-electron chi connectivity index (χ0n) is 10.5. The lowest BCUT2D eigenvalue weighted by Crippen LogP contribution is -2.32. The van der Waals surface area contributed by atoms with Crippen LogP contribution in [0.3, 0.4) is 0 Å². The zero-order valence-corrected chi connectivity index (χ0v) is 11.3. The van der Waals surface area contributed by atoms with E-state index in [1.165, 1.54) is 12.1 Å². The standard InChI is InChI=1S/C12H13F3N2O2S/c1-2-9(10(16)20)11(18)17-7-4-3-5-8(6-7)19-12(13,14)15/h3-6,9H,2H2,1H3,(H2,16,20)(H,17,18). The van der Waals surface area contributed by atoms with Crippen LogP contribution in [0.4, 0.5) is 18.9 Å². The highest BCUT2D eigenvalue weighted by Gasteiger charge is 2.31. The summed E-state index contributed by atoms with van der Waals surface area (Å²) in [5.74, 6) is -1.56. The van der Waals surface area contributed by atoms with E-state index in [4.69, 9.17) is 18.0 Å². The van der Waals surface area contributed by atoms with Crippen molar-refractivity contribution in [3.05, 3.63) is 24.3 Å². The summed E-state index contributed by atoms with van der Waals surface area (Å²) in [5, 5.41) is 2.45. The van der Waals surface area contributed by atoms with E-state index in [0.29, 0.717) is 6.42 Å². The molecule has 4 nitrogen and oxygen atoms in total. The van der Waals surface area contributed by atoms with E-state index in [2.05, 4.69) is 10.1 Å². The fraction of sp³-hybridized carbons (Fsp3) is 0.333. The third-order valence-corrected chi connectivity index (χ3v) is 2.69. The molecule has 0 fully saturated rings. The molecule has 0 heterocycles. The van der Waals surface area contributed by atoms with Gasteiger partial charge in [-0.15, -0.1) is 13.2 Å². The molecule has 1 aromatic rings. The number of rotatable bonds is 5. The Morgan fingerprint density at radius 2 is 2.15 bits per heavy atom. The van der Waals surface area contributed by atoms with Crippen molar-refractivity contribution in [3.63, 3.8) is 0 Å². The minimum atomic E-state index is -4.78. The smallest absolute Gasteiger partial charge is 0.406 e. The van der Waals surface area contributed by atoms with Crippen molar-refractivity contribution in [2.75, 3.05) is 5.32 Å². The topological polar surface area (TPSA) is 64.3 Å². The molecule has 1 unspecified atom stereocenters. The maximum absolute atomic E-state index is 12.1. The predicted molar refractivity (Wildman–Crippen MR) is 72.3 cm³/mol. The molecule has 3 N–H and O–H groups in total. The van der Waals surface area contributed by atoms with Crippen LogP contribution in [0.1, 0.15) is 13.3 Å². The van der Waals surface area contributed by atoms with Gasteiger partial charge in [0.2, 0.25) is 5.91 Å². The molecule has 0 spiro atoms. The Balaban J connectivity index is 2.80. The van der Waals surface area contributed by atoms with E-state index in [0.717, 1.165) is 12.1 Å². The van der Waals surface area contributed by atoms with Crippen molar-refractivity contribution in [3.8, 4) is 5.75 Å². The number of hydrogen-bond acceptors (Lipinski definition) is 3. The number of thiocarbonyl (C=S) groups is 1. The average molecular weight is 306 g/mol. The molecule has 0 saturated heterocycles. The second-order valence-corrected chi connectivity index (χ2v) is 4.40. The van der Waals surface area contributed by atoms with E-state index in [-0.39, 0.29) is 10.7 Å². The van der Waals surface area contributed by atoms with Crippen LogP contribution < -0.4 is 15.8 Å². The van der Waals surface area contributed by atoms with E-state index >= 15 is 0 Å². The van der Waals surface area contributed by atoms with Gasteiger partial charge >= 0.3 is 6.36 Å². The highest BCUT2D eigenvalue weighted by molar-refractivity contribution is 7.80. The van der Waals surface area contributed by atoms with Crippen molar-refractivity contribution >= 4 is 28.8 Å². The highest BCUT2D eigenvalue weighted by atomic mass is 32.1. The van der Waals surface area contributed by atoms with Gasteiger partial charge in [-0.05, 0) is 18.6 Å². The van der Waals surface area contributed by atoms with E-state index in [1.807, 2.05) is 0 Å². The first-order chi connectivity index (χ1) is 9.23. The molecule has 0 bridgehead atoms. The van der Waals surface area contributed by atoms with E-state index in [9.17, 15) is 18.0 Å². The second kappa shape index (κ2) is 6.56. The maximum Gasteiger partial charge on any atom is 0.573 e. The largest absolute Gasteiger partial charge is 0.573 e. The Morgan fingerprint density at radius 1 is 1.50 bits per heavy atom. The van der Waals surface area contributed by atoms with Gasteiger partial charge in [-0.1, -0.05) is 25.2 Å². The van der Waals surface area contributed by atoms with E-state index in [1.54, 1.807) is 6.92 Å². The van der Waals surface area contributed by atoms with Crippen LogP contribution in [-0.2, 0) is 4.79 Å². The molecule has 8 heteroatoms. The molecular weight excluding hydrogens is 293 g/mol. The van der Waals surface area contributed by atoms with Gasteiger partial charge in [0.15, 0.2) is 0 Å². The number of carbonyl (C=O) groups excluding carboxylic acids is 1. The number of ether oxygens (including phenoxy) is 1. The van der Waals surface area contributed by atoms with Gasteiger partial charge < -0.3 is 15.8 Å². The number of nitrogens with one attached hydrogen (secondary N) is 1. The van der Waals surface area contributed by atoms with Crippen molar-refractivity contribution in [1.29, 1.82) is 0 Å². The number of carbonyl (C=O) groups is 1. The fourth-order valence-electron chi connectivity index (χ4n) is 1.52. The van der Waals surface area contributed by atoms with Crippen LogP contribution >= 0.6 is 12.2 Å². The molecule has 0 saturated carbocycles. The normalized spacial score (nSPS) is 12.6. The number of amides is 1. The summed E-state index contributed by atoms with van der Waals surface area (Å²) in [5.41, 5.74) is 5.58. The quantitative estimate of drug-likeness (QED) is 0.821. The van der Waals surface area contributed by atoms with Crippen LogP contribution in [-0.4, -0.2) is 17.3 Å². The molecule has 0 aromatic heterocycles. The number of halogens is 3. The second-order valence-electron chi connectivity index (χ2n) is 3.93. The lowest BCUT2D eigenvalue weighted by Gasteiger charge is -2.14. The Hall–Kier alpha value is -1.83. The van der Waals surface area contributed by atoms with Crippen molar-refractivity contribution in [2.45, 2.75) is 19.7 Å². The summed E-state index contributed by atoms with van der Waals surface area (Å²) >= 11 is 4.75. The number of anilines is 1. The molecule has 1 aromatic carbocycles. The van der Waals surface area contributed by atoms with Crippen molar-refractivity contribution < 1.29 is 22.7 Å². The Morgan fingerprint density at radius 3 is 2.65 bits per heavy atom. The number of nitrogens with two attached hydrogens (primary N) is 1. The summed E-state index contributed by atoms with van der Waals surface area (Å²) in [6.45, 7) is 1.73. The summed E-state index contributed by atoms with van der Waals surface area (Å²) < 4.78 is 40.0. The Kier molecular flexibility index (Phi) is 5.32.